The fourth-order valence-electron chi connectivity index (χ4n) is 2.19. The number of aliphatic hydroxyl groups is 1. The van der Waals surface area contributed by atoms with Gasteiger partial charge in [0.15, 0.2) is 0 Å². The molecule has 0 saturated carbocycles. The number of nitriles is 1. The van der Waals surface area contributed by atoms with Crippen LogP contribution in [0.15, 0.2) is 30.5 Å². The highest BCUT2D eigenvalue weighted by atomic mass is 35.5. The molecule has 0 fully saturated rings. The van der Waals surface area contributed by atoms with Crippen molar-refractivity contribution in [3.63, 3.8) is 0 Å². The number of halogens is 1. The third kappa shape index (κ3) is 2.43. The third-order valence-corrected chi connectivity index (χ3v) is 3.55. The van der Waals surface area contributed by atoms with E-state index in [9.17, 15) is 5.11 Å². The molecule has 0 radical (unpaired) electrons. The van der Waals surface area contributed by atoms with Crippen LogP contribution >= 0.6 is 11.6 Å². The number of hydrogen-bond acceptors (Lipinski definition) is 3. The molecule has 1 heterocycles. The van der Waals surface area contributed by atoms with E-state index in [0.717, 1.165) is 0 Å². The predicted molar refractivity (Wildman–Crippen MR) is 77.5 cm³/mol. The van der Waals surface area contributed by atoms with E-state index in [-0.39, 0.29) is 6.04 Å². The van der Waals surface area contributed by atoms with Crippen LogP contribution in [0.1, 0.15) is 43.6 Å². The average molecular weight is 290 g/mol. The topological polar surface area (TPSA) is 61.8 Å². The van der Waals surface area contributed by atoms with Crippen molar-refractivity contribution in [2.24, 2.45) is 0 Å². The molecule has 0 saturated heterocycles. The Balaban J connectivity index is 2.54. The van der Waals surface area contributed by atoms with E-state index < -0.39 is 5.60 Å². The second kappa shape index (κ2) is 5.28. The Morgan fingerprint density at radius 2 is 1.95 bits per heavy atom. The SMILES string of the molecule is CC(C)n1ncc(Cl)c1C(C)(O)c1ccc(C#N)cc1. The van der Waals surface area contributed by atoms with Crippen molar-refractivity contribution in [1.29, 1.82) is 5.26 Å². The second-order valence-electron chi connectivity index (χ2n) is 5.14. The summed E-state index contributed by atoms with van der Waals surface area (Å²) in [6, 6.07) is 8.95. The monoisotopic (exact) mass is 289 g/mol. The van der Waals surface area contributed by atoms with Gasteiger partial charge in [-0.3, -0.25) is 4.68 Å². The lowest BCUT2D eigenvalue weighted by Crippen LogP contribution is -2.28. The fraction of sp³-hybridized carbons (Fsp3) is 0.333. The van der Waals surface area contributed by atoms with Crippen LogP contribution in [0.4, 0.5) is 0 Å². The van der Waals surface area contributed by atoms with Crippen LogP contribution in [-0.4, -0.2) is 14.9 Å². The highest BCUT2D eigenvalue weighted by molar-refractivity contribution is 6.31. The van der Waals surface area contributed by atoms with Crippen molar-refractivity contribution in [2.45, 2.75) is 32.4 Å². The quantitative estimate of drug-likeness (QED) is 0.943. The summed E-state index contributed by atoms with van der Waals surface area (Å²) in [6.07, 6.45) is 1.54. The first-order valence-electron chi connectivity index (χ1n) is 6.34. The van der Waals surface area contributed by atoms with Gasteiger partial charge in [0.2, 0.25) is 0 Å². The largest absolute Gasteiger partial charge is 0.379 e. The van der Waals surface area contributed by atoms with Gasteiger partial charge in [0.1, 0.15) is 5.60 Å². The fourth-order valence-corrected chi connectivity index (χ4v) is 2.51. The summed E-state index contributed by atoms with van der Waals surface area (Å²) in [5.74, 6) is 0. The summed E-state index contributed by atoms with van der Waals surface area (Å²) < 4.78 is 1.71. The van der Waals surface area contributed by atoms with E-state index in [1.807, 2.05) is 13.8 Å². The van der Waals surface area contributed by atoms with Gasteiger partial charge in [0.25, 0.3) is 0 Å². The first kappa shape index (κ1) is 14.6. The van der Waals surface area contributed by atoms with Crippen molar-refractivity contribution < 1.29 is 5.11 Å². The Morgan fingerprint density at radius 1 is 1.35 bits per heavy atom. The van der Waals surface area contributed by atoms with Crippen molar-refractivity contribution in [2.75, 3.05) is 0 Å². The molecular weight excluding hydrogens is 274 g/mol. The summed E-state index contributed by atoms with van der Waals surface area (Å²) >= 11 is 6.19. The molecule has 20 heavy (non-hydrogen) atoms. The molecule has 5 heteroatoms. The molecule has 0 aliphatic rings. The predicted octanol–water partition coefficient (Wildman–Crippen LogP) is 3.24. The van der Waals surface area contributed by atoms with Crippen LogP contribution in [0.5, 0.6) is 0 Å². The number of rotatable bonds is 3. The van der Waals surface area contributed by atoms with E-state index in [4.69, 9.17) is 16.9 Å². The molecule has 2 rings (SSSR count). The molecule has 0 aliphatic carbocycles. The lowest BCUT2D eigenvalue weighted by Gasteiger charge is -2.27. The number of benzene rings is 1. The minimum absolute atomic E-state index is 0.0855. The maximum Gasteiger partial charge on any atom is 0.130 e. The van der Waals surface area contributed by atoms with Gasteiger partial charge >= 0.3 is 0 Å². The van der Waals surface area contributed by atoms with Gasteiger partial charge in [0, 0.05) is 6.04 Å². The molecule has 0 bridgehead atoms. The van der Waals surface area contributed by atoms with Crippen LogP contribution in [0.25, 0.3) is 0 Å². The zero-order chi connectivity index (χ0) is 14.9. The van der Waals surface area contributed by atoms with E-state index in [1.165, 1.54) is 6.20 Å². The highest BCUT2D eigenvalue weighted by Gasteiger charge is 2.33. The zero-order valence-electron chi connectivity index (χ0n) is 11.6. The van der Waals surface area contributed by atoms with E-state index in [1.54, 1.807) is 35.9 Å². The van der Waals surface area contributed by atoms with E-state index in [0.29, 0.717) is 21.8 Å². The molecule has 1 atom stereocenters. The van der Waals surface area contributed by atoms with E-state index in [2.05, 4.69) is 11.2 Å². The van der Waals surface area contributed by atoms with Crippen molar-refractivity contribution in [1.82, 2.24) is 9.78 Å². The first-order valence-corrected chi connectivity index (χ1v) is 6.72. The lowest BCUT2D eigenvalue weighted by molar-refractivity contribution is 0.0901. The Bertz CT molecular complexity index is 651. The van der Waals surface area contributed by atoms with Crippen molar-refractivity contribution in [3.8, 4) is 6.07 Å². The Morgan fingerprint density at radius 3 is 2.45 bits per heavy atom. The van der Waals surface area contributed by atoms with Crippen LogP contribution in [-0.2, 0) is 5.60 Å². The maximum atomic E-state index is 10.9. The standard InChI is InChI=1S/C15H16ClN3O/c1-10(2)19-14(13(16)9-18-19)15(3,20)12-6-4-11(8-17)5-7-12/h4-7,9-10,20H,1-3H3. The molecule has 104 valence electrons. The van der Waals surface area contributed by atoms with Gasteiger partial charge in [-0.2, -0.15) is 10.4 Å². The van der Waals surface area contributed by atoms with E-state index >= 15 is 0 Å². The number of aromatic nitrogens is 2. The van der Waals surface area contributed by atoms with Gasteiger partial charge < -0.3 is 5.11 Å². The molecule has 0 amide bonds. The second-order valence-corrected chi connectivity index (χ2v) is 5.55. The number of nitrogens with zero attached hydrogens (tertiary/aromatic N) is 3. The van der Waals surface area contributed by atoms with Gasteiger partial charge in [0.05, 0.1) is 28.5 Å². The Hall–Kier alpha value is -1.83. The van der Waals surface area contributed by atoms with Crippen LogP contribution in [0, 0.1) is 11.3 Å². The highest BCUT2D eigenvalue weighted by Crippen LogP contribution is 2.35. The van der Waals surface area contributed by atoms with Crippen LogP contribution < -0.4 is 0 Å². The molecule has 0 spiro atoms. The molecule has 0 aliphatic heterocycles. The van der Waals surface area contributed by atoms with Crippen molar-refractivity contribution in [3.05, 3.63) is 52.3 Å². The molecule has 1 aromatic carbocycles. The summed E-state index contributed by atoms with van der Waals surface area (Å²) in [6.45, 7) is 5.62. The molecular formula is C15H16ClN3O. The normalized spacial score (nSPS) is 14.1. The Kier molecular flexibility index (Phi) is 3.85. The minimum atomic E-state index is -1.27. The smallest absolute Gasteiger partial charge is 0.130 e. The van der Waals surface area contributed by atoms with Gasteiger partial charge in [-0.15, -0.1) is 0 Å². The summed E-state index contributed by atoms with van der Waals surface area (Å²) in [5, 5.41) is 24.4. The third-order valence-electron chi connectivity index (χ3n) is 3.28. The summed E-state index contributed by atoms with van der Waals surface area (Å²) in [7, 11) is 0. The lowest BCUT2D eigenvalue weighted by atomic mass is 9.91. The van der Waals surface area contributed by atoms with Gasteiger partial charge in [-0.25, -0.2) is 0 Å². The maximum absolute atomic E-state index is 10.9. The molecule has 1 aromatic heterocycles. The van der Waals surface area contributed by atoms with Crippen LogP contribution in [0.3, 0.4) is 0 Å². The molecule has 2 aromatic rings. The summed E-state index contributed by atoms with van der Waals surface area (Å²) in [5.41, 5.74) is 0.499. The van der Waals surface area contributed by atoms with Crippen molar-refractivity contribution >= 4 is 11.6 Å². The summed E-state index contributed by atoms with van der Waals surface area (Å²) in [4.78, 5) is 0. The first-order chi connectivity index (χ1) is 9.37. The average Bonchev–Trinajstić information content (AvgIpc) is 2.81. The Labute approximate surface area is 123 Å². The van der Waals surface area contributed by atoms with Crippen LogP contribution in [0.2, 0.25) is 5.02 Å². The molecule has 1 unspecified atom stereocenters. The zero-order valence-corrected chi connectivity index (χ0v) is 12.4. The molecule has 4 nitrogen and oxygen atoms in total. The molecule has 1 N–H and O–H groups in total. The number of hydrogen-bond donors (Lipinski definition) is 1. The van der Waals surface area contributed by atoms with Gasteiger partial charge in [-0.05, 0) is 38.5 Å². The minimum Gasteiger partial charge on any atom is -0.379 e. The van der Waals surface area contributed by atoms with Gasteiger partial charge in [-0.1, -0.05) is 23.7 Å².